The highest BCUT2D eigenvalue weighted by atomic mass is 16.5. The lowest BCUT2D eigenvalue weighted by Crippen LogP contribution is -2.24. The molecule has 0 saturated heterocycles. The summed E-state index contributed by atoms with van der Waals surface area (Å²) < 4.78 is 5.02. The average molecular weight is 332 g/mol. The Morgan fingerprint density at radius 1 is 0.920 bits per heavy atom. The van der Waals surface area contributed by atoms with Crippen LogP contribution in [0, 0.1) is 0 Å². The third-order valence-corrected chi connectivity index (χ3v) is 3.92. The van der Waals surface area contributed by atoms with Gasteiger partial charge in [-0.2, -0.15) is 0 Å². The Kier molecular flexibility index (Phi) is 5.42. The van der Waals surface area contributed by atoms with Crippen molar-refractivity contribution in [2.45, 2.75) is 13.0 Å². The van der Waals surface area contributed by atoms with Crippen LogP contribution in [-0.4, -0.2) is 18.0 Å². The number of benzene rings is 2. The Morgan fingerprint density at radius 2 is 1.60 bits per heavy atom. The van der Waals surface area contributed by atoms with Gasteiger partial charge < -0.3 is 10.1 Å². The summed E-state index contributed by atoms with van der Waals surface area (Å²) >= 11 is 0. The molecule has 0 atom stereocenters. The smallest absolute Gasteiger partial charge is 0.224 e. The average Bonchev–Trinajstić information content (AvgIpc) is 2.68. The van der Waals surface area contributed by atoms with Crippen LogP contribution in [0.5, 0.6) is 5.88 Å². The van der Waals surface area contributed by atoms with Crippen molar-refractivity contribution in [1.29, 1.82) is 0 Å². The molecule has 2 aromatic carbocycles. The maximum atomic E-state index is 12.1. The van der Waals surface area contributed by atoms with E-state index in [0.717, 1.165) is 16.7 Å². The fourth-order valence-electron chi connectivity index (χ4n) is 2.53. The van der Waals surface area contributed by atoms with Crippen LogP contribution in [0.15, 0.2) is 72.9 Å². The highest BCUT2D eigenvalue weighted by Crippen LogP contribution is 2.19. The minimum absolute atomic E-state index is 0.0109. The van der Waals surface area contributed by atoms with Gasteiger partial charge in [0.15, 0.2) is 0 Å². The number of nitrogens with one attached hydrogen (secondary N) is 1. The number of aromatic nitrogens is 1. The molecule has 1 aromatic heterocycles. The molecule has 4 heteroatoms. The van der Waals surface area contributed by atoms with Gasteiger partial charge in [0.1, 0.15) is 0 Å². The summed E-state index contributed by atoms with van der Waals surface area (Å²) in [7, 11) is 1.58. The zero-order chi connectivity index (χ0) is 17.5. The van der Waals surface area contributed by atoms with E-state index in [0.29, 0.717) is 18.8 Å². The summed E-state index contributed by atoms with van der Waals surface area (Å²) in [5.41, 5.74) is 4.25. The van der Waals surface area contributed by atoms with E-state index < -0.39 is 0 Å². The van der Waals surface area contributed by atoms with Crippen molar-refractivity contribution in [2.75, 3.05) is 7.11 Å². The molecule has 3 rings (SSSR count). The Morgan fingerprint density at radius 3 is 2.24 bits per heavy atom. The van der Waals surface area contributed by atoms with E-state index in [1.54, 1.807) is 19.4 Å². The number of rotatable bonds is 6. The van der Waals surface area contributed by atoms with E-state index in [4.69, 9.17) is 4.74 Å². The van der Waals surface area contributed by atoms with E-state index >= 15 is 0 Å². The van der Waals surface area contributed by atoms with E-state index in [-0.39, 0.29) is 5.91 Å². The van der Waals surface area contributed by atoms with Crippen LogP contribution in [-0.2, 0) is 17.8 Å². The first-order valence-electron chi connectivity index (χ1n) is 8.14. The van der Waals surface area contributed by atoms with Crippen molar-refractivity contribution >= 4 is 5.91 Å². The number of amides is 1. The predicted molar refractivity (Wildman–Crippen MR) is 98.2 cm³/mol. The Balaban J connectivity index is 1.54. The van der Waals surface area contributed by atoms with Gasteiger partial charge in [-0.1, -0.05) is 60.7 Å². The second-order valence-corrected chi connectivity index (χ2v) is 5.73. The molecule has 0 aliphatic rings. The molecule has 1 amide bonds. The van der Waals surface area contributed by atoms with Gasteiger partial charge in [-0.05, 0) is 22.3 Å². The minimum Gasteiger partial charge on any atom is -0.481 e. The summed E-state index contributed by atoms with van der Waals surface area (Å²) in [5, 5.41) is 2.91. The summed E-state index contributed by atoms with van der Waals surface area (Å²) in [4.78, 5) is 16.2. The lowest BCUT2D eigenvalue weighted by Gasteiger charge is -2.07. The number of methoxy groups -OCH3 is 1. The van der Waals surface area contributed by atoms with Crippen LogP contribution in [0.2, 0.25) is 0 Å². The van der Waals surface area contributed by atoms with Gasteiger partial charge in [-0.15, -0.1) is 0 Å². The fraction of sp³-hybridized carbons (Fsp3) is 0.143. The van der Waals surface area contributed by atoms with Gasteiger partial charge in [-0.3, -0.25) is 4.79 Å². The lowest BCUT2D eigenvalue weighted by atomic mass is 10.0. The lowest BCUT2D eigenvalue weighted by molar-refractivity contribution is -0.120. The van der Waals surface area contributed by atoms with Gasteiger partial charge >= 0.3 is 0 Å². The first-order valence-corrected chi connectivity index (χ1v) is 8.14. The van der Waals surface area contributed by atoms with Gasteiger partial charge in [0.25, 0.3) is 0 Å². The van der Waals surface area contributed by atoms with Gasteiger partial charge in [0.05, 0.1) is 13.5 Å². The summed E-state index contributed by atoms with van der Waals surface area (Å²) in [6.07, 6.45) is 2.06. The number of hydrogen-bond acceptors (Lipinski definition) is 3. The van der Waals surface area contributed by atoms with Gasteiger partial charge in [0.2, 0.25) is 11.8 Å². The fourth-order valence-corrected chi connectivity index (χ4v) is 2.53. The molecular weight excluding hydrogens is 312 g/mol. The van der Waals surface area contributed by atoms with E-state index in [1.165, 1.54) is 5.56 Å². The molecule has 0 aliphatic carbocycles. The number of carbonyl (C=O) groups is 1. The predicted octanol–water partition coefficient (Wildman–Crippen LogP) is 3.62. The Labute approximate surface area is 147 Å². The third kappa shape index (κ3) is 4.67. The Bertz CT molecular complexity index is 813. The molecule has 126 valence electrons. The van der Waals surface area contributed by atoms with Crippen LogP contribution >= 0.6 is 0 Å². The number of hydrogen-bond donors (Lipinski definition) is 1. The molecule has 4 nitrogen and oxygen atoms in total. The van der Waals surface area contributed by atoms with Crippen molar-refractivity contribution in [1.82, 2.24) is 10.3 Å². The molecule has 1 N–H and O–H groups in total. The molecule has 0 saturated carbocycles. The molecule has 1 heterocycles. The van der Waals surface area contributed by atoms with E-state index in [1.807, 2.05) is 48.5 Å². The molecule has 0 radical (unpaired) electrons. The number of carbonyl (C=O) groups excluding carboxylic acids is 1. The number of pyridine rings is 1. The van der Waals surface area contributed by atoms with Gasteiger partial charge in [0, 0.05) is 18.8 Å². The van der Waals surface area contributed by atoms with Crippen molar-refractivity contribution < 1.29 is 9.53 Å². The highest BCUT2D eigenvalue weighted by Gasteiger charge is 2.05. The third-order valence-electron chi connectivity index (χ3n) is 3.92. The minimum atomic E-state index is -0.0109. The molecule has 3 aromatic rings. The monoisotopic (exact) mass is 332 g/mol. The summed E-state index contributed by atoms with van der Waals surface area (Å²) in [6, 6.07) is 21.9. The molecule has 0 unspecified atom stereocenters. The van der Waals surface area contributed by atoms with Crippen LogP contribution < -0.4 is 10.1 Å². The maximum absolute atomic E-state index is 12.1. The summed E-state index contributed by atoms with van der Waals surface area (Å²) in [5.74, 6) is 0.553. The standard InChI is InChI=1S/C21H20N2O2/c1-25-21-12-9-17(15-23-21)14-22-20(24)13-16-7-10-19(11-8-16)18-5-3-2-4-6-18/h2-12,15H,13-14H2,1H3,(H,22,24). The normalized spacial score (nSPS) is 10.3. The van der Waals surface area contributed by atoms with Gasteiger partial charge in [-0.25, -0.2) is 4.98 Å². The van der Waals surface area contributed by atoms with Crippen molar-refractivity contribution in [2.24, 2.45) is 0 Å². The van der Waals surface area contributed by atoms with Crippen LogP contribution in [0.1, 0.15) is 11.1 Å². The SMILES string of the molecule is COc1ccc(CNC(=O)Cc2ccc(-c3ccccc3)cc2)cn1. The molecule has 0 fully saturated rings. The molecular formula is C21H20N2O2. The summed E-state index contributed by atoms with van der Waals surface area (Å²) in [6.45, 7) is 0.456. The van der Waals surface area contributed by atoms with E-state index in [2.05, 4.69) is 22.4 Å². The molecule has 25 heavy (non-hydrogen) atoms. The number of nitrogens with zero attached hydrogens (tertiary/aromatic N) is 1. The second-order valence-electron chi connectivity index (χ2n) is 5.73. The van der Waals surface area contributed by atoms with Crippen LogP contribution in [0.3, 0.4) is 0 Å². The second kappa shape index (κ2) is 8.11. The zero-order valence-corrected chi connectivity index (χ0v) is 14.1. The quantitative estimate of drug-likeness (QED) is 0.750. The molecule has 0 spiro atoms. The molecule has 0 bridgehead atoms. The zero-order valence-electron chi connectivity index (χ0n) is 14.1. The Hall–Kier alpha value is -3.14. The topological polar surface area (TPSA) is 51.2 Å². The highest BCUT2D eigenvalue weighted by molar-refractivity contribution is 5.78. The van der Waals surface area contributed by atoms with Crippen molar-refractivity contribution in [3.8, 4) is 17.0 Å². The van der Waals surface area contributed by atoms with Crippen LogP contribution in [0.4, 0.5) is 0 Å². The first kappa shape index (κ1) is 16.7. The maximum Gasteiger partial charge on any atom is 0.224 e. The first-order chi connectivity index (χ1) is 12.2. The number of ether oxygens (including phenoxy) is 1. The van der Waals surface area contributed by atoms with Crippen molar-refractivity contribution in [3.63, 3.8) is 0 Å². The largest absolute Gasteiger partial charge is 0.481 e. The van der Waals surface area contributed by atoms with E-state index in [9.17, 15) is 4.79 Å². The van der Waals surface area contributed by atoms with Crippen molar-refractivity contribution in [3.05, 3.63) is 84.1 Å². The molecule has 0 aliphatic heterocycles. The van der Waals surface area contributed by atoms with Crippen LogP contribution in [0.25, 0.3) is 11.1 Å².